The molecule has 4 heteroatoms. The molecule has 0 spiro atoms. The molecule has 1 aromatic carbocycles. The maximum Gasteiger partial charge on any atom is 0.123 e. The monoisotopic (exact) mass is 278 g/mol. The highest BCUT2D eigenvalue weighted by molar-refractivity contribution is 5.64. The van der Waals surface area contributed by atoms with Crippen LogP contribution >= 0.6 is 0 Å². The number of hydrogen-bond acceptors (Lipinski definition) is 3. The Balaban J connectivity index is 2.31. The fourth-order valence-corrected chi connectivity index (χ4v) is 3.28. The van der Waals surface area contributed by atoms with E-state index in [1.54, 1.807) is 18.3 Å². The van der Waals surface area contributed by atoms with Gasteiger partial charge in [-0.05, 0) is 57.5 Å². The minimum atomic E-state index is -0.186. The molecule has 0 bridgehead atoms. The smallest absolute Gasteiger partial charge is 0.123 e. The van der Waals surface area contributed by atoms with Gasteiger partial charge < -0.3 is 5.21 Å². The van der Waals surface area contributed by atoms with Crippen LogP contribution in [-0.2, 0) is 5.54 Å². The van der Waals surface area contributed by atoms with E-state index in [0.717, 1.165) is 31.2 Å². The van der Waals surface area contributed by atoms with Crippen LogP contribution in [0.4, 0.5) is 4.39 Å². The lowest BCUT2D eigenvalue weighted by molar-refractivity contribution is 0.0667. The molecule has 0 radical (unpaired) electrons. The third-order valence-electron chi connectivity index (χ3n) is 4.81. The molecule has 0 aromatic heterocycles. The van der Waals surface area contributed by atoms with Gasteiger partial charge >= 0.3 is 0 Å². The molecular formula is C16H23FN2O. The molecule has 0 amide bonds. The Morgan fingerprint density at radius 3 is 2.40 bits per heavy atom. The summed E-state index contributed by atoms with van der Waals surface area (Å²) in [5.74, 6) is -0.186. The Kier molecular flexibility index (Phi) is 4.14. The molecule has 3 nitrogen and oxygen atoms in total. The highest BCUT2D eigenvalue weighted by Gasteiger charge is 2.42. The third-order valence-corrected chi connectivity index (χ3v) is 4.81. The Morgan fingerprint density at radius 1 is 1.25 bits per heavy atom. The summed E-state index contributed by atoms with van der Waals surface area (Å²) >= 11 is 0. The van der Waals surface area contributed by atoms with Crippen molar-refractivity contribution in [2.75, 3.05) is 14.1 Å². The molecule has 0 heterocycles. The van der Waals surface area contributed by atoms with E-state index in [-0.39, 0.29) is 16.8 Å². The Morgan fingerprint density at radius 2 is 1.90 bits per heavy atom. The van der Waals surface area contributed by atoms with E-state index >= 15 is 0 Å². The maximum absolute atomic E-state index is 13.6. The van der Waals surface area contributed by atoms with E-state index in [1.807, 2.05) is 20.2 Å². The van der Waals surface area contributed by atoms with E-state index < -0.39 is 0 Å². The van der Waals surface area contributed by atoms with Crippen LogP contribution in [0.1, 0.15) is 38.2 Å². The Hall–Kier alpha value is -1.42. The van der Waals surface area contributed by atoms with Gasteiger partial charge in [0.25, 0.3) is 0 Å². The fourth-order valence-electron chi connectivity index (χ4n) is 3.28. The van der Waals surface area contributed by atoms with E-state index in [2.05, 4.69) is 17.0 Å². The van der Waals surface area contributed by atoms with Crippen molar-refractivity contribution in [1.82, 2.24) is 4.90 Å². The fraction of sp³-hybridized carbons (Fsp3) is 0.562. The van der Waals surface area contributed by atoms with Gasteiger partial charge in [0.05, 0.1) is 0 Å². The van der Waals surface area contributed by atoms with E-state index in [9.17, 15) is 4.39 Å². The molecule has 0 saturated heterocycles. The standard InChI is InChI=1S/C16H23FN2O/c1-15(12-18-20)7-9-16(10-8-15,19(2)3)13-5-4-6-14(17)11-13/h4-6,11-12,20H,7-10H2,1-3H3. The van der Waals surface area contributed by atoms with Crippen LogP contribution in [0.15, 0.2) is 29.4 Å². The lowest BCUT2D eigenvalue weighted by atomic mass is 9.66. The van der Waals surface area contributed by atoms with Gasteiger partial charge in [0.1, 0.15) is 5.82 Å². The molecule has 1 N–H and O–H groups in total. The molecule has 0 unspecified atom stereocenters. The van der Waals surface area contributed by atoms with Gasteiger partial charge in [-0.1, -0.05) is 19.1 Å². The largest absolute Gasteiger partial charge is 0.411 e. The lowest BCUT2D eigenvalue weighted by Gasteiger charge is -2.48. The number of hydrogen-bond donors (Lipinski definition) is 1. The number of oxime groups is 1. The van der Waals surface area contributed by atoms with Gasteiger partial charge in [-0.15, -0.1) is 5.16 Å². The molecule has 110 valence electrons. The summed E-state index contributed by atoms with van der Waals surface area (Å²) in [5, 5.41) is 12.0. The first kappa shape index (κ1) is 15.0. The summed E-state index contributed by atoms with van der Waals surface area (Å²) in [7, 11) is 4.10. The van der Waals surface area contributed by atoms with Crippen molar-refractivity contribution in [3.8, 4) is 0 Å². The second-order valence-electron chi connectivity index (χ2n) is 6.33. The summed E-state index contributed by atoms with van der Waals surface area (Å²) in [6.45, 7) is 2.11. The van der Waals surface area contributed by atoms with Gasteiger partial charge in [0, 0.05) is 17.2 Å². The van der Waals surface area contributed by atoms with Crippen LogP contribution in [0.2, 0.25) is 0 Å². The number of nitrogens with zero attached hydrogens (tertiary/aromatic N) is 2. The molecular weight excluding hydrogens is 255 g/mol. The minimum Gasteiger partial charge on any atom is -0.411 e. The maximum atomic E-state index is 13.6. The predicted octanol–water partition coefficient (Wildman–Crippen LogP) is 3.62. The zero-order chi connectivity index (χ0) is 14.8. The average Bonchev–Trinajstić information content (AvgIpc) is 2.39. The van der Waals surface area contributed by atoms with Crippen LogP contribution < -0.4 is 0 Å². The summed E-state index contributed by atoms with van der Waals surface area (Å²) < 4.78 is 13.6. The zero-order valence-corrected chi connectivity index (χ0v) is 12.4. The topological polar surface area (TPSA) is 35.8 Å². The van der Waals surface area contributed by atoms with Gasteiger partial charge in [-0.3, -0.25) is 4.90 Å². The van der Waals surface area contributed by atoms with Crippen molar-refractivity contribution < 1.29 is 9.60 Å². The van der Waals surface area contributed by atoms with Gasteiger partial charge in [-0.2, -0.15) is 0 Å². The van der Waals surface area contributed by atoms with Gasteiger partial charge in [0.15, 0.2) is 0 Å². The number of rotatable bonds is 3. The zero-order valence-electron chi connectivity index (χ0n) is 12.4. The molecule has 0 atom stereocenters. The lowest BCUT2D eigenvalue weighted by Crippen LogP contribution is -2.46. The molecule has 0 aliphatic heterocycles. The normalized spacial score (nSPS) is 31.1. The first-order valence-corrected chi connectivity index (χ1v) is 7.04. The number of halogens is 1. The summed E-state index contributed by atoms with van der Waals surface area (Å²) in [6.07, 6.45) is 5.33. The van der Waals surface area contributed by atoms with E-state index in [4.69, 9.17) is 5.21 Å². The minimum absolute atomic E-state index is 0.0679. The SMILES string of the molecule is CN(C)C1(c2cccc(F)c2)CCC(C)(C=NO)CC1. The second-order valence-corrected chi connectivity index (χ2v) is 6.33. The van der Waals surface area contributed by atoms with Crippen molar-refractivity contribution >= 4 is 6.21 Å². The quantitative estimate of drug-likeness (QED) is 0.521. The van der Waals surface area contributed by atoms with Crippen LogP contribution in [0.3, 0.4) is 0 Å². The summed E-state index contributed by atoms with van der Waals surface area (Å²) in [6, 6.07) is 6.91. The average molecular weight is 278 g/mol. The predicted molar refractivity (Wildman–Crippen MR) is 78.6 cm³/mol. The highest BCUT2D eigenvalue weighted by Crippen LogP contribution is 2.47. The highest BCUT2D eigenvalue weighted by atomic mass is 19.1. The summed E-state index contributed by atoms with van der Waals surface area (Å²) in [5.41, 5.74) is 0.831. The molecule has 1 aliphatic rings. The van der Waals surface area contributed by atoms with Crippen molar-refractivity contribution in [3.05, 3.63) is 35.6 Å². The molecule has 1 fully saturated rings. The van der Waals surface area contributed by atoms with Gasteiger partial charge in [0.2, 0.25) is 0 Å². The van der Waals surface area contributed by atoms with Gasteiger partial charge in [-0.25, -0.2) is 4.39 Å². The van der Waals surface area contributed by atoms with E-state index in [1.165, 1.54) is 6.07 Å². The van der Waals surface area contributed by atoms with Crippen molar-refractivity contribution in [1.29, 1.82) is 0 Å². The van der Waals surface area contributed by atoms with E-state index in [0.29, 0.717) is 0 Å². The number of benzene rings is 1. The van der Waals surface area contributed by atoms with Crippen molar-refractivity contribution in [2.45, 2.75) is 38.1 Å². The Bertz CT molecular complexity index is 491. The molecule has 1 aliphatic carbocycles. The second kappa shape index (κ2) is 5.52. The van der Waals surface area contributed by atoms with Crippen molar-refractivity contribution in [3.63, 3.8) is 0 Å². The molecule has 1 aromatic rings. The van der Waals surface area contributed by atoms with Crippen LogP contribution in [-0.4, -0.2) is 30.4 Å². The molecule has 2 rings (SSSR count). The first-order valence-electron chi connectivity index (χ1n) is 7.04. The van der Waals surface area contributed by atoms with Crippen LogP contribution in [0.5, 0.6) is 0 Å². The van der Waals surface area contributed by atoms with Crippen LogP contribution in [0, 0.1) is 11.2 Å². The van der Waals surface area contributed by atoms with Crippen LogP contribution in [0.25, 0.3) is 0 Å². The molecule has 1 saturated carbocycles. The Labute approximate surface area is 120 Å². The van der Waals surface area contributed by atoms with Crippen molar-refractivity contribution in [2.24, 2.45) is 10.6 Å². The summed E-state index contributed by atoms with van der Waals surface area (Å²) in [4.78, 5) is 2.19. The third kappa shape index (κ3) is 2.70. The first-order chi connectivity index (χ1) is 9.42. The molecule has 20 heavy (non-hydrogen) atoms.